The Morgan fingerprint density at radius 2 is 1.75 bits per heavy atom. The number of benzene rings is 2. The Kier molecular flexibility index (Phi) is 2.82. The molecule has 0 unspecified atom stereocenters. The fraction of sp³-hybridized carbons (Fsp3) is 0.250. The van der Waals surface area contributed by atoms with Crippen molar-refractivity contribution in [3.63, 3.8) is 0 Å². The van der Waals surface area contributed by atoms with Crippen LogP contribution in [0.4, 0.5) is 0 Å². The van der Waals surface area contributed by atoms with Gasteiger partial charge < -0.3 is 0 Å². The first kappa shape index (κ1) is 10.9. The molecule has 0 heterocycles. The van der Waals surface area contributed by atoms with E-state index in [0.29, 0.717) is 0 Å². The molecule has 0 aliphatic carbocycles. The topological polar surface area (TPSA) is 0 Å². The van der Waals surface area contributed by atoms with Crippen LogP contribution >= 0.6 is 0 Å². The van der Waals surface area contributed by atoms with E-state index in [1.807, 2.05) is 0 Å². The Morgan fingerprint density at radius 3 is 2.38 bits per heavy atom. The lowest BCUT2D eigenvalue weighted by Gasteiger charge is -2.12. The van der Waals surface area contributed by atoms with Crippen LogP contribution in [0.1, 0.15) is 23.6 Å². The zero-order chi connectivity index (χ0) is 11.7. The van der Waals surface area contributed by atoms with Crippen molar-refractivity contribution in [1.82, 2.24) is 0 Å². The lowest BCUT2D eigenvalue weighted by atomic mass is 9.93. The third-order valence-corrected chi connectivity index (χ3v) is 3.12. The number of allylic oxidation sites excluding steroid dienone is 1. The second-order valence-electron chi connectivity index (χ2n) is 4.66. The van der Waals surface area contributed by atoms with Crippen molar-refractivity contribution in [2.45, 2.75) is 27.2 Å². The summed E-state index contributed by atoms with van der Waals surface area (Å²) in [6.07, 6.45) is 0.984. The summed E-state index contributed by atoms with van der Waals surface area (Å²) < 4.78 is 0. The van der Waals surface area contributed by atoms with Gasteiger partial charge in [-0.15, -0.1) is 0 Å². The maximum Gasteiger partial charge on any atom is -0.00696 e. The molecular formula is C16H18. The first-order valence-corrected chi connectivity index (χ1v) is 5.72. The van der Waals surface area contributed by atoms with Crippen LogP contribution in [0.25, 0.3) is 10.8 Å². The van der Waals surface area contributed by atoms with Gasteiger partial charge in [-0.3, -0.25) is 0 Å². The van der Waals surface area contributed by atoms with Gasteiger partial charge in [0.2, 0.25) is 0 Å². The van der Waals surface area contributed by atoms with Crippen LogP contribution in [-0.2, 0) is 6.42 Å². The summed E-state index contributed by atoms with van der Waals surface area (Å²) in [6, 6.07) is 10.9. The number of fused-ring (bicyclic) bond motifs is 1. The Bertz CT molecular complexity index is 547. The van der Waals surface area contributed by atoms with E-state index >= 15 is 0 Å². The van der Waals surface area contributed by atoms with Crippen molar-refractivity contribution in [3.8, 4) is 0 Å². The minimum Gasteiger partial charge on any atom is -0.0998 e. The van der Waals surface area contributed by atoms with Crippen LogP contribution in [-0.4, -0.2) is 0 Å². The summed E-state index contributed by atoms with van der Waals surface area (Å²) in [5, 5.41) is 2.74. The zero-order valence-electron chi connectivity index (χ0n) is 10.3. The van der Waals surface area contributed by atoms with Gasteiger partial charge >= 0.3 is 0 Å². The van der Waals surface area contributed by atoms with E-state index in [-0.39, 0.29) is 0 Å². The second-order valence-corrected chi connectivity index (χ2v) is 4.66. The highest BCUT2D eigenvalue weighted by atomic mass is 14.1. The Labute approximate surface area is 97.6 Å². The third kappa shape index (κ3) is 1.88. The molecule has 0 fully saturated rings. The molecule has 0 nitrogen and oxygen atoms in total. The molecule has 0 bridgehead atoms. The number of hydrogen-bond acceptors (Lipinski definition) is 0. The van der Waals surface area contributed by atoms with E-state index in [1.54, 1.807) is 0 Å². The van der Waals surface area contributed by atoms with Gasteiger partial charge in [-0.05, 0) is 54.7 Å². The molecule has 0 radical (unpaired) electrons. The minimum absolute atomic E-state index is 0.984. The molecule has 0 atom stereocenters. The molecular weight excluding hydrogens is 192 g/mol. The molecule has 0 saturated heterocycles. The van der Waals surface area contributed by atoms with E-state index in [0.717, 1.165) is 6.42 Å². The third-order valence-electron chi connectivity index (χ3n) is 3.12. The molecule has 0 N–H and O–H groups in total. The average Bonchev–Trinajstić information content (AvgIpc) is 2.25. The van der Waals surface area contributed by atoms with Crippen LogP contribution in [0, 0.1) is 13.8 Å². The van der Waals surface area contributed by atoms with Crippen molar-refractivity contribution in [3.05, 3.63) is 59.2 Å². The SMILES string of the molecule is C=C(C)Cc1cc(C)c2ccccc2c1C. The summed E-state index contributed by atoms with van der Waals surface area (Å²) in [6.45, 7) is 10.5. The summed E-state index contributed by atoms with van der Waals surface area (Å²) in [5.74, 6) is 0. The molecule has 2 aromatic rings. The van der Waals surface area contributed by atoms with Gasteiger partial charge in [-0.2, -0.15) is 0 Å². The lowest BCUT2D eigenvalue weighted by molar-refractivity contribution is 1.13. The molecule has 82 valence electrons. The Balaban J connectivity index is 2.70. The molecule has 0 aliphatic rings. The van der Waals surface area contributed by atoms with Gasteiger partial charge in [0.1, 0.15) is 0 Å². The quantitative estimate of drug-likeness (QED) is 0.637. The van der Waals surface area contributed by atoms with Gasteiger partial charge in [0, 0.05) is 0 Å². The molecule has 16 heavy (non-hydrogen) atoms. The van der Waals surface area contributed by atoms with Gasteiger partial charge in [0.25, 0.3) is 0 Å². The summed E-state index contributed by atoms with van der Waals surface area (Å²) in [4.78, 5) is 0. The largest absolute Gasteiger partial charge is 0.0998 e. The van der Waals surface area contributed by atoms with Crippen molar-refractivity contribution >= 4 is 10.8 Å². The van der Waals surface area contributed by atoms with Crippen molar-refractivity contribution in [2.75, 3.05) is 0 Å². The van der Waals surface area contributed by atoms with E-state index in [1.165, 1.54) is 33.0 Å². The van der Waals surface area contributed by atoms with Crippen LogP contribution in [0.5, 0.6) is 0 Å². The molecule has 0 saturated carbocycles. The van der Waals surface area contributed by atoms with E-state index in [2.05, 4.69) is 57.7 Å². The zero-order valence-corrected chi connectivity index (χ0v) is 10.3. The summed E-state index contributed by atoms with van der Waals surface area (Å²) in [7, 11) is 0. The number of rotatable bonds is 2. The van der Waals surface area contributed by atoms with E-state index in [9.17, 15) is 0 Å². The Hall–Kier alpha value is -1.56. The maximum atomic E-state index is 4.00. The predicted molar refractivity (Wildman–Crippen MR) is 71.9 cm³/mol. The summed E-state index contributed by atoms with van der Waals surface area (Å²) >= 11 is 0. The highest BCUT2D eigenvalue weighted by Crippen LogP contribution is 2.26. The van der Waals surface area contributed by atoms with Crippen LogP contribution < -0.4 is 0 Å². The Morgan fingerprint density at radius 1 is 1.12 bits per heavy atom. The van der Waals surface area contributed by atoms with Crippen LogP contribution in [0.15, 0.2) is 42.5 Å². The standard InChI is InChI=1S/C16H18/c1-11(2)9-14-10-12(3)15-7-5-6-8-16(15)13(14)4/h5-8,10H,1,9H2,2-4H3. The van der Waals surface area contributed by atoms with E-state index in [4.69, 9.17) is 0 Å². The second kappa shape index (κ2) is 4.13. The average molecular weight is 210 g/mol. The van der Waals surface area contributed by atoms with Crippen molar-refractivity contribution in [2.24, 2.45) is 0 Å². The molecule has 2 rings (SSSR count). The van der Waals surface area contributed by atoms with E-state index < -0.39 is 0 Å². The highest BCUT2D eigenvalue weighted by Gasteiger charge is 2.06. The first-order valence-electron chi connectivity index (χ1n) is 5.72. The predicted octanol–water partition coefficient (Wildman–Crippen LogP) is 4.58. The molecule has 2 aromatic carbocycles. The van der Waals surface area contributed by atoms with Crippen LogP contribution in [0.3, 0.4) is 0 Å². The number of aryl methyl sites for hydroxylation is 2. The summed E-state index contributed by atoms with van der Waals surface area (Å²) in [5.41, 5.74) is 5.38. The molecule has 0 aliphatic heterocycles. The normalized spacial score (nSPS) is 10.7. The van der Waals surface area contributed by atoms with Crippen molar-refractivity contribution < 1.29 is 0 Å². The molecule has 0 amide bonds. The van der Waals surface area contributed by atoms with Gasteiger partial charge in [0.15, 0.2) is 0 Å². The fourth-order valence-electron chi connectivity index (χ4n) is 2.28. The van der Waals surface area contributed by atoms with Crippen molar-refractivity contribution in [1.29, 1.82) is 0 Å². The smallest absolute Gasteiger partial charge is 0.00696 e. The molecule has 0 aromatic heterocycles. The monoisotopic (exact) mass is 210 g/mol. The fourth-order valence-corrected chi connectivity index (χ4v) is 2.28. The molecule has 0 spiro atoms. The lowest BCUT2D eigenvalue weighted by Crippen LogP contribution is -1.94. The highest BCUT2D eigenvalue weighted by molar-refractivity contribution is 5.89. The van der Waals surface area contributed by atoms with Crippen LogP contribution in [0.2, 0.25) is 0 Å². The molecule has 0 heteroatoms. The minimum atomic E-state index is 0.984. The van der Waals surface area contributed by atoms with Gasteiger partial charge in [0.05, 0.1) is 0 Å². The number of hydrogen-bond donors (Lipinski definition) is 0. The van der Waals surface area contributed by atoms with Gasteiger partial charge in [-0.25, -0.2) is 0 Å². The van der Waals surface area contributed by atoms with Gasteiger partial charge in [-0.1, -0.05) is 42.5 Å². The maximum absolute atomic E-state index is 4.00. The first-order chi connectivity index (χ1) is 7.59.